The van der Waals surface area contributed by atoms with Gasteiger partial charge < -0.3 is 14.2 Å². The van der Waals surface area contributed by atoms with E-state index in [0.29, 0.717) is 50.1 Å². The summed E-state index contributed by atoms with van der Waals surface area (Å²) in [5, 5.41) is 4.55. The summed E-state index contributed by atoms with van der Waals surface area (Å²) in [6, 6.07) is 5.27. The molecule has 2 amide bonds. The first-order chi connectivity index (χ1) is 12.5. The predicted octanol–water partition coefficient (Wildman–Crippen LogP) is 2.29. The first kappa shape index (κ1) is 18.2. The Morgan fingerprint density at radius 2 is 1.81 bits per heavy atom. The number of hydrogen-bond acceptors (Lipinski definition) is 4. The van der Waals surface area contributed by atoms with Gasteiger partial charge in [0.15, 0.2) is 5.76 Å². The number of rotatable bonds is 5. The Balaban J connectivity index is 1.65. The molecule has 0 spiro atoms. The maximum absolute atomic E-state index is 12.9. The van der Waals surface area contributed by atoms with Crippen molar-refractivity contribution in [2.45, 2.75) is 33.7 Å². The molecule has 0 radical (unpaired) electrons. The highest BCUT2D eigenvalue weighted by Gasteiger charge is 2.28. The quantitative estimate of drug-likeness (QED) is 0.822. The molecule has 3 heterocycles. The molecule has 3 rings (SSSR count). The molecule has 1 aliphatic heterocycles. The lowest BCUT2D eigenvalue weighted by molar-refractivity contribution is 0.0512. The number of nitrogens with zero attached hydrogens (tertiary/aromatic N) is 4. The first-order valence-electron chi connectivity index (χ1n) is 9.18. The van der Waals surface area contributed by atoms with Gasteiger partial charge in [0.05, 0.1) is 12.0 Å². The highest BCUT2D eigenvalue weighted by atomic mass is 16.3. The van der Waals surface area contributed by atoms with Gasteiger partial charge in [-0.15, -0.1) is 0 Å². The van der Waals surface area contributed by atoms with Gasteiger partial charge in [-0.3, -0.25) is 14.3 Å². The molecule has 0 aromatic carbocycles. The van der Waals surface area contributed by atoms with E-state index < -0.39 is 0 Å². The van der Waals surface area contributed by atoms with Crippen LogP contribution in [0.3, 0.4) is 0 Å². The van der Waals surface area contributed by atoms with Gasteiger partial charge in [-0.25, -0.2) is 0 Å². The van der Waals surface area contributed by atoms with Gasteiger partial charge in [0.1, 0.15) is 5.69 Å². The summed E-state index contributed by atoms with van der Waals surface area (Å²) in [7, 11) is 0. The number of furan rings is 1. The molecule has 0 atom stereocenters. The van der Waals surface area contributed by atoms with Crippen molar-refractivity contribution in [2.75, 3.05) is 26.2 Å². The molecular weight excluding hydrogens is 332 g/mol. The van der Waals surface area contributed by atoms with Gasteiger partial charge >= 0.3 is 0 Å². The fourth-order valence-corrected chi connectivity index (χ4v) is 3.23. The number of carbonyl (C=O) groups is 2. The summed E-state index contributed by atoms with van der Waals surface area (Å²) in [4.78, 5) is 28.8. The molecule has 0 bridgehead atoms. The van der Waals surface area contributed by atoms with E-state index >= 15 is 0 Å². The van der Waals surface area contributed by atoms with Crippen molar-refractivity contribution in [1.29, 1.82) is 0 Å². The number of aryl methyl sites for hydroxylation is 1. The van der Waals surface area contributed by atoms with Crippen molar-refractivity contribution in [3.63, 3.8) is 0 Å². The predicted molar refractivity (Wildman–Crippen MR) is 97.0 cm³/mol. The fraction of sp³-hybridized carbons (Fsp3) is 0.526. The monoisotopic (exact) mass is 358 g/mol. The molecule has 0 aliphatic carbocycles. The van der Waals surface area contributed by atoms with Gasteiger partial charge in [0, 0.05) is 32.7 Å². The van der Waals surface area contributed by atoms with Crippen LogP contribution in [0.4, 0.5) is 0 Å². The van der Waals surface area contributed by atoms with Crippen LogP contribution in [0.5, 0.6) is 0 Å². The van der Waals surface area contributed by atoms with Crippen molar-refractivity contribution < 1.29 is 14.0 Å². The van der Waals surface area contributed by atoms with Crippen LogP contribution in [-0.4, -0.2) is 57.6 Å². The van der Waals surface area contributed by atoms with Gasteiger partial charge in [-0.2, -0.15) is 5.10 Å². The van der Waals surface area contributed by atoms with Crippen LogP contribution >= 0.6 is 0 Å². The second-order valence-corrected chi connectivity index (χ2v) is 7.00. The Morgan fingerprint density at radius 1 is 1.15 bits per heavy atom. The number of carbonyl (C=O) groups excluding carboxylic acids is 2. The van der Waals surface area contributed by atoms with Crippen molar-refractivity contribution in [3.8, 4) is 0 Å². The van der Waals surface area contributed by atoms with E-state index in [4.69, 9.17) is 4.42 Å². The molecule has 7 nitrogen and oxygen atoms in total. The topological polar surface area (TPSA) is 71.6 Å². The zero-order valence-electron chi connectivity index (χ0n) is 15.6. The third-order valence-electron chi connectivity index (χ3n) is 4.55. The number of piperazine rings is 1. The van der Waals surface area contributed by atoms with Crippen molar-refractivity contribution >= 4 is 11.8 Å². The second-order valence-electron chi connectivity index (χ2n) is 7.00. The van der Waals surface area contributed by atoms with Crippen LogP contribution in [0.2, 0.25) is 0 Å². The van der Waals surface area contributed by atoms with Gasteiger partial charge in [0.25, 0.3) is 11.8 Å². The summed E-state index contributed by atoms with van der Waals surface area (Å²) in [6.07, 6.45) is 2.35. The van der Waals surface area contributed by atoms with E-state index in [1.807, 2.05) is 13.0 Å². The summed E-state index contributed by atoms with van der Waals surface area (Å²) in [6.45, 7) is 8.97. The molecule has 0 saturated carbocycles. The number of amides is 2. The van der Waals surface area contributed by atoms with E-state index in [9.17, 15) is 9.59 Å². The Kier molecular flexibility index (Phi) is 5.44. The van der Waals surface area contributed by atoms with Gasteiger partial charge in [-0.05, 0) is 37.5 Å². The normalized spacial score (nSPS) is 14.9. The molecule has 1 aliphatic rings. The van der Waals surface area contributed by atoms with Crippen LogP contribution in [0.1, 0.15) is 47.5 Å². The molecule has 0 unspecified atom stereocenters. The molecule has 26 heavy (non-hydrogen) atoms. The largest absolute Gasteiger partial charge is 0.459 e. The Labute approximate surface area is 153 Å². The smallest absolute Gasteiger partial charge is 0.289 e. The van der Waals surface area contributed by atoms with Crippen LogP contribution in [0, 0.1) is 5.92 Å². The van der Waals surface area contributed by atoms with Gasteiger partial charge in [0.2, 0.25) is 0 Å². The third-order valence-corrected chi connectivity index (χ3v) is 4.55. The minimum absolute atomic E-state index is 0.0144. The SMILES string of the molecule is CCn1nc(CC(C)C)cc1C(=O)N1CCN(C(=O)c2ccco2)CC1. The highest BCUT2D eigenvalue weighted by Crippen LogP contribution is 2.15. The third kappa shape index (κ3) is 3.81. The molecule has 7 heteroatoms. The maximum Gasteiger partial charge on any atom is 0.289 e. The zero-order valence-corrected chi connectivity index (χ0v) is 15.6. The summed E-state index contributed by atoms with van der Waals surface area (Å²) >= 11 is 0. The molecule has 2 aromatic rings. The molecular formula is C19H26N4O3. The van der Waals surface area contributed by atoms with Crippen LogP contribution in [0.25, 0.3) is 0 Å². The van der Waals surface area contributed by atoms with E-state index in [-0.39, 0.29) is 11.8 Å². The zero-order chi connectivity index (χ0) is 18.7. The number of aromatic nitrogens is 2. The molecule has 1 fully saturated rings. The van der Waals surface area contributed by atoms with Crippen LogP contribution in [0.15, 0.2) is 28.9 Å². The van der Waals surface area contributed by atoms with E-state index in [2.05, 4.69) is 18.9 Å². The van der Waals surface area contributed by atoms with Crippen molar-refractivity contribution in [2.24, 2.45) is 5.92 Å². The maximum atomic E-state index is 12.9. The fourth-order valence-electron chi connectivity index (χ4n) is 3.23. The van der Waals surface area contributed by atoms with Crippen molar-refractivity contribution in [1.82, 2.24) is 19.6 Å². The summed E-state index contributed by atoms with van der Waals surface area (Å²) in [5.41, 5.74) is 1.59. The van der Waals surface area contributed by atoms with Crippen LogP contribution < -0.4 is 0 Å². The van der Waals surface area contributed by atoms with E-state index in [0.717, 1.165) is 12.1 Å². The molecule has 1 saturated heterocycles. The Morgan fingerprint density at radius 3 is 2.35 bits per heavy atom. The van der Waals surface area contributed by atoms with Crippen LogP contribution in [-0.2, 0) is 13.0 Å². The molecule has 2 aromatic heterocycles. The lowest BCUT2D eigenvalue weighted by Crippen LogP contribution is -2.50. The number of hydrogen-bond donors (Lipinski definition) is 0. The lowest BCUT2D eigenvalue weighted by Gasteiger charge is -2.34. The Bertz CT molecular complexity index is 756. The van der Waals surface area contributed by atoms with E-state index in [1.54, 1.807) is 26.6 Å². The average Bonchev–Trinajstić information content (AvgIpc) is 3.30. The van der Waals surface area contributed by atoms with Gasteiger partial charge in [-0.1, -0.05) is 13.8 Å². The Hall–Kier alpha value is -2.57. The highest BCUT2D eigenvalue weighted by molar-refractivity contribution is 5.94. The second kappa shape index (κ2) is 7.76. The molecule has 0 N–H and O–H groups in total. The minimum atomic E-state index is -0.125. The van der Waals surface area contributed by atoms with E-state index in [1.165, 1.54) is 6.26 Å². The average molecular weight is 358 g/mol. The summed E-state index contributed by atoms with van der Waals surface area (Å²) < 4.78 is 6.95. The standard InChI is InChI=1S/C19H26N4O3/c1-4-23-16(13-15(20-23)12-14(2)3)18(24)21-7-9-22(10-8-21)19(25)17-6-5-11-26-17/h5-6,11,13-14H,4,7-10,12H2,1-3H3. The van der Waals surface area contributed by atoms with Crippen molar-refractivity contribution in [3.05, 3.63) is 41.6 Å². The summed E-state index contributed by atoms with van der Waals surface area (Å²) in [5.74, 6) is 0.695. The first-order valence-corrected chi connectivity index (χ1v) is 9.18. The lowest BCUT2D eigenvalue weighted by atomic mass is 10.1. The minimum Gasteiger partial charge on any atom is -0.459 e. The molecule has 140 valence electrons.